The monoisotopic (exact) mass is 530 g/mol. The molecule has 4 aromatic rings. The number of carbonyl (C=O) groups excluding carboxylic acids is 3. The van der Waals surface area contributed by atoms with Crippen LogP contribution in [-0.2, 0) is 22.6 Å². The van der Waals surface area contributed by atoms with Crippen molar-refractivity contribution >= 4 is 40.4 Å². The van der Waals surface area contributed by atoms with Crippen molar-refractivity contribution in [2.45, 2.75) is 20.0 Å². The van der Waals surface area contributed by atoms with Crippen molar-refractivity contribution in [1.29, 1.82) is 5.26 Å². The summed E-state index contributed by atoms with van der Waals surface area (Å²) < 4.78 is 6.13. The first-order chi connectivity index (χ1) is 19.5. The molecule has 4 aromatic carbocycles. The number of para-hydroxylation sites is 1. The Morgan fingerprint density at radius 3 is 2.50 bits per heavy atom. The van der Waals surface area contributed by atoms with Gasteiger partial charge in [0.2, 0.25) is 5.91 Å². The molecule has 0 bridgehead atoms. The minimum atomic E-state index is -0.680. The van der Waals surface area contributed by atoms with E-state index in [2.05, 4.69) is 16.7 Å². The van der Waals surface area contributed by atoms with Crippen molar-refractivity contribution < 1.29 is 19.1 Å². The highest BCUT2D eigenvalue weighted by atomic mass is 16.5. The van der Waals surface area contributed by atoms with Crippen molar-refractivity contribution in [2.24, 2.45) is 0 Å². The summed E-state index contributed by atoms with van der Waals surface area (Å²) in [6, 6.07) is 27.4. The molecule has 1 aliphatic heterocycles. The molecule has 1 saturated heterocycles. The van der Waals surface area contributed by atoms with E-state index in [0.29, 0.717) is 22.6 Å². The Hall–Kier alpha value is -5.42. The molecule has 1 heterocycles. The minimum Gasteiger partial charge on any atom is -0.488 e. The Labute approximate surface area is 231 Å². The summed E-state index contributed by atoms with van der Waals surface area (Å²) in [5.74, 6) is -0.609. The number of nitrogens with zero attached hydrogens (tertiary/aromatic N) is 2. The number of aryl methyl sites for hydroxylation is 1. The molecule has 0 unspecified atom stereocenters. The number of fused-ring (bicyclic) bond motifs is 1. The minimum absolute atomic E-state index is 0.0328. The fourth-order valence-electron chi connectivity index (χ4n) is 4.60. The summed E-state index contributed by atoms with van der Waals surface area (Å²) in [6.45, 7) is 1.70. The number of anilines is 1. The van der Waals surface area contributed by atoms with Gasteiger partial charge in [-0.25, -0.2) is 9.69 Å². The maximum Gasteiger partial charge on any atom is 0.329 e. The maximum atomic E-state index is 13.3. The number of nitriles is 1. The number of hydrogen-bond acceptors (Lipinski definition) is 5. The topological polar surface area (TPSA) is 112 Å². The van der Waals surface area contributed by atoms with Gasteiger partial charge >= 0.3 is 6.03 Å². The molecule has 0 saturated carbocycles. The molecule has 2 N–H and O–H groups in total. The zero-order valence-electron chi connectivity index (χ0n) is 21.8. The number of hydrogen-bond donors (Lipinski definition) is 2. The van der Waals surface area contributed by atoms with Gasteiger partial charge in [0.1, 0.15) is 24.6 Å². The van der Waals surface area contributed by atoms with E-state index in [4.69, 9.17) is 4.74 Å². The van der Waals surface area contributed by atoms with Gasteiger partial charge < -0.3 is 15.4 Å². The van der Waals surface area contributed by atoms with E-state index in [-0.39, 0.29) is 12.3 Å². The first kappa shape index (κ1) is 26.2. The molecular weight excluding hydrogens is 504 g/mol. The molecule has 0 aliphatic carbocycles. The molecule has 4 amide bonds. The van der Waals surface area contributed by atoms with E-state index in [1.54, 1.807) is 30.3 Å². The molecule has 8 heteroatoms. The van der Waals surface area contributed by atoms with E-state index in [0.717, 1.165) is 33.2 Å². The van der Waals surface area contributed by atoms with Crippen molar-refractivity contribution in [3.63, 3.8) is 0 Å². The average Bonchev–Trinajstić information content (AvgIpc) is 3.24. The smallest absolute Gasteiger partial charge is 0.329 e. The Balaban J connectivity index is 1.41. The molecule has 5 rings (SSSR count). The van der Waals surface area contributed by atoms with Crippen LogP contribution in [0.4, 0.5) is 10.5 Å². The van der Waals surface area contributed by atoms with Crippen molar-refractivity contribution in [3.8, 4) is 11.8 Å². The zero-order chi connectivity index (χ0) is 28.1. The molecule has 0 aromatic heterocycles. The van der Waals surface area contributed by atoms with Crippen LogP contribution in [0.2, 0.25) is 0 Å². The van der Waals surface area contributed by atoms with Gasteiger partial charge in [0, 0.05) is 16.8 Å². The summed E-state index contributed by atoms with van der Waals surface area (Å²) in [4.78, 5) is 39.6. The highest BCUT2D eigenvalue weighted by Crippen LogP contribution is 2.32. The Bertz CT molecular complexity index is 1700. The number of ether oxygens (including phenoxy) is 1. The second kappa shape index (κ2) is 11.5. The zero-order valence-corrected chi connectivity index (χ0v) is 21.8. The Morgan fingerprint density at radius 1 is 0.975 bits per heavy atom. The van der Waals surface area contributed by atoms with Crippen molar-refractivity contribution in [3.05, 3.63) is 113 Å². The van der Waals surface area contributed by atoms with Crippen LogP contribution in [0.15, 0.2) is 90.6 Å². The lowest BCUT2D eigenvalue weighted by atomic mass is 10.0. The van der Waals surface area contributed by atoms with Gasteiger partial charge in [-0.1, -0.05) is 73.7 Å². The highest BCUT2D eigenvalue weighted by Gasteiger charge is 2.35. The third kappa shape index (κ3) is 5.40. The molecule has 8 nitrogen and oxygen atoms in total. The lowest BCUT2D eigenvalue weighted by molar-refractivity contribution is -0.127. The van der Waals surface area contributed by atoms with Gasteiger partial charge in [-0.2, -0.15) is 5.26 Å². The van der Waals surface area contributed by atoms with E-state index in [9.17, 15) is 19.6 Å². The van der Waals surface area contributed by atoms with Crippen molar-refractivity contribution in [2.75, 3.05) is 11.9 Å². The number of rotatable bonds is 8. The Morgan fingerprint density at radius 2 is 1.70 bits per heavy atom. The molecule has 0 spiro atoms. The first-order valence-electron chi connectivity index (χ1n) is 12.8. The van der Waals surface area contributed by atoms with Crippen LogP contribution in [0.25, 0.3) is 16.8 Å². The van der Waals surface area contributed by atoms with E-state index < -0.39 is 24.4 Å². The third-order valence-corrected chi connectivity index (χ3v) is 6.68. The van der Waals surface area contributed by atoms with Gasteiger partial charge in [0.15, 0.2) is 0 Å². The fraction of sp³-hybridized carbons (Fsp3) is 0.125. The van der Waals surface area contributed by atoms with E-state index in [1.165, 1.54) is 0 Å². The van der Waals surface area contributed by atoms with Crippen LogP contribution < -0.4 is 15.4 Å². The van der Waals surface area contributed by atoms with Gasteiger partial charge in [0.05, 0.1) is 11.6 Å². The molecule has 0 atom stereocenters. The normalized spacial score (nSPS) is 13.8. The number of urea groups is 1. The average molecular weight is 531 g/mol. The molecular formula is C32H26N4O4. The Kier molecular flexibility index (Phi) is 7.56. The summed E-state index contributed by atoms with van der Waals surface area (Å²) in [5.41, 5.74) is 3.47. The third-order valence-electron chi connectivity index (χ3n) is 6.68. The standard InChI is InChI=1S/C32H26N4O4/c1-2-21-9-6-8-14-27(21)34-30(37)19-36-31(38)28(35-32(36)39)17-26-25-13-7-5-10-22(25)15-16-29(26)40-20-24-12-4-3-11-23(24)18-33/h3-17H,2,19-20H2,1H3,(H,34,37)(H,35,39)/b28-17+. The highest BCUT2D eigenvalue weighted by molar-refractivity contribution is 6.16. The van der Waals surface area contributed by atoms with Gasteiger partial charge in [0.25, 0.3) is 5.91 Å². The number of imide groups is 1. The van der Waals surface area contributed by atoms with Crippen LogP contribution in [-0.4, -0.2) is 29.3 Å². The number of benzene rings is 4. The van der Waals surface area contributed by atoms with Crippen LogP contribution in [0, 0.1) is 11.3 Å². The second-order valence-electron chi connectivity index (χ2n) is 9.19. The van der Waals surface area contributed by atoms with Crippen molar-refractivity contribution in [1.82, 2.24) is 10.2 Å². The molecule has 40 heavy (non-hydrogen) atoms. The van der Waals surface area contributed by atoms with Crippen LogP contribution in [0.1, 0.15) is 29.2 Å². The fourth-order valence-corrected chi connectivity index (χ4v) is 4.60. The molecule has 1 fully saturated rings. The summed E-state index contributed by atoms with van der Waals surface area (Å²) in [5, 5.41) is 16.6. The van der Waals surface area contributed by atoms with E-state index >= 15 is 0 Å². The maximum absolute atomic E-state index is 13.3. The predicted octanol–water partition coefficient (Wildman–Crippen LogP) is 5.38. The lowest BCUT2D eigenvalue weighted by Gasteiger charge is -2.14. The summed E-state index contributed by atoms with van der Waals surface area (Å²) in [7, 11) is 0. The van der Waals surface area contributed by atoms with Gasteiger partial charge in [-0.3, -0.25) is 9.59 Å². The van der Waals surface area contributed by atoms with E-state index in [1.807, 2.05) is 67.6 Å². The van der Waals surface area contributed by atoms with Crippen LogP contribution in [0.3, 0.4) is 0 Å². The van der Waals surface area contributed by atoms with Gasteiger partial charge in [-0.05, 0) is 47.0 Å². The SMILES string of the molecule is CCc1ccccc1NC(=O)CN1C(=O)N/C(=C/c2c(OCc3ccccc3C#N)ccc3ccccc23)C1=O. The second-order valence-corrected chi connectivity index (χ2v) is 9.19. The number of amides is 4. The van der Waals surface area contributed by atoms with Gasteiger partial charge in [-0.15, -0.1) is 0 Å². The number of nitrogens with one attached hydrogen (secondary N) is 2. The quantitative estimate of drug-likeness (QED) is 0.235. The molecule has 198 valence electrons. The first-order valence-corrected chi connectivity index (χ1v) is 12.8. The molecule has 0 radical (unpaired) electrons. The van der Waals surface area contributed by atoms with Crippen LogP contribution >= 0.6 is 0 Å². The largest absolute Gasteiger partial charge is 0.488 e. The summed E-state index contributed by atoms with van der Waals surface area (Å²) in [6.07, 6.45) is 2.29. The summed E-state index contributed by atoms with van der Waals surface area (Å²) >= 11 is 0. The molecule has 1 aliphatic rings. The lowest BCUT2D eigenvalue weighted by Crippen LogP contribution is -2.38. The predicted molar refractivity (Wildman–Crippen MR) is 152 cm³/mol. The number of carbonyl (C=O) groups is 3. The van der Waals surface area contributed by atoms with Crippen LogP contribution in [0.5, 0.6) is 5.75 Å².